The highest BCUT2D eigenvalue weighted by molar-refractivity contribution is 6.00. The average Bonchev–Trinajstić information content (AvgIpc) is 3.23. The molecular weight excluding hydrogens is 338 g/mol. The highest BCUT2D eigenvalue weighted by atomic mass is 16.2. The van der Waals surface area contributed by atoms with Gasteiger partial charge in [0.05, 0.1) is 0 Å². The van der Waals surface area contributed by atoms with Gasteiger partial charge in [0.2, 0.25) is 0 Å². The SMILES string of the molecule is O=C(Nc1ccccc1)Nc1cccc(-c2nccnc2N2CCCC2)c1. The number of benzene rings is 2. The molecule has 136 valence electrons. The first-order valence-electron chi connectivity index (χ1n) is 9.09. The predicted molar refractivity (Wildman–Crippen MR) is 108 cm³/mol. The molecule has 0 spiro atoms. The van der Waals surface area contributed by atoms with Crippen LogP contribution in [0.15, 0.2) is 67.0 Å². The summed E-state index contributed by atoms with van der Waals surface area (Å²) in [6, 6.07) is 16.8. The number of rotatable bonds is 4. The molecule has 1 aliphatic rings. The zero-order valence-electron chi connectivity index (χ0n) is 14.9. The Labute approximate surface area is 158 Å². The van der Waals surface area contributed by atoms with Crippen molar-refractivity contribution in [1.82, 2.24) is 9.97 Å². The van der Waals surface area contributed by atoms with E-state index in [-0.39, 0.29) is 6.03 Å². The third-order valence-electron chi connectivity index (χ3n) is 4.51. The van der Waals surface area contributed by atoms with Crippen LogP contribution in [0.1, 0.15) is 12.8 Å². The van der Waals surface area contributed by atoms with E-state index in [1.54, 1.807) is 12.4 Å². The Kier molecular flexibility index (Phi) is 4.96. The fourth-order valence-corrected chi connectivity index (χ4v) is 3.25. The first-order chi connectivity index (χ1) is 13.3. The van der Waals surface area contributed by atoms with Crippen LogP contribution >= 0.6 is 0 Å². The number of urea groups is 1. The number of hydrogen-bond donors (Lipinski definition) is 2. The summed E-state index contributed by atoms with van der Waals surface area (Å²) in [7, 11) is 0. The minimum atomic E-state index is -0.280. The molecule has 27 heavy (non-hydrogen) atoms. The Morgan fingerprint density at radius 2 is 1.56 bits per heavy atom. The van der Waals surface area contributed by atoms with Crippen molar-refractivity contribution < 1.29 is 4.79 Å². The maximum absolute atomic E-state index is 12.2. The highest BCUT2D eigenvalue weighted by Crippen LogP contribution is 2.30. The molecule has 0 saturated carbocycles. The van der Waals surface area contributed by atoms with Gasteiger partial charge in [-0.25, -0.2) is 9.78 Å². The average molecular weight is 359 g/mol. The van der Waals surface area contributed by atoms with Crippen LogP contribution in [-0.2, 0) is 0 Å². The van der Waals surface area contributed by atoms with Gasteiger partial charge in [-0.1, -0.05) is 30.3 Å². The van der Waals surface area contributed by atoms with Crippen LogP contribution in [0.4, 0.5) is 22.0 Å². The van der Waals surface area contributed by atoms with Gasteiger partial charge in [-0.05, 0) is 37.1 Å². The van der Waals surface area contributed by atoms with Crippen LogP contribution in [0.2, 0.25) is 0 Å². The Bertz CT molecular complexity index is 923. The second-order valence-electron chi connectivity index (χ2n) is 6.45. The zero-order chi connectivity index (χ0) is 18.5. The van der Waals surface area contributed by atoms with E-state index in [0.717, 1.165) is 35.9 Å². The molecule has 0 aliphatic carbocycles. The third kappa shape index (κ3) is 4.06. The van der Waals surface area contributed by atoms with Crippen molar-refractivity contribution in [3.8, 4) is 11.3 Å². The summed E-state index contributed by atoms with van der Waals surface area (Å²) in [6.07, 6.45) is 5.79. The lowest BCUT2D eigenvalue weighted by Crippen LogP contribution is -2.20. The smallest absolute Gasteiger partial charge is 0.323 e. The van der Waals surface area contributed by atoms with Crippen LogP contribution in [0, 0.1) is 0 Å². The van der Waals surface area contributed by atoms with Crippen molar-refractivity contribution in [1.29, 1.82) is 0 Å². The van der Waals surface area contributed by atoms with E-state index < -0.39 is 0 Å². The Balaban J connectivity index is 1.54. The van der Waals surface area contributed by atoms with Gasteiger partial charge in [0.15, 0.2) is 5.82 Å². The number of para-hydroxylation sites is 1. The van der Waals surface area contributed by atoms with Crippen molar-refractivity contribution in [3.63, 3.8) is 0 Å². The summed E-state index contributed by atoms with van der Waals surface area (Å²) in [4.78, 5) is 23.6. The molecule has 1 aromatic heterocycles. The topological polar surface area (TPSA) is 70.1 Å². The lowest BCUT2D eigenvalue weighted by Gasteiger charge is -2.19. The highest BCUT2D eigenvalue weighted by Gasteiger charge is 2.19. The van der Waals surface area contributed by atoms with Crippen molar-refractivity contribution in [2.45, 2.75) is 12.8 Å². The molecule has 6 nitrogen and oxygen atoms in total. The second kappa shape index (κ2) is 7.86. The third-order valence-corrected chi connectivity index (χ3v) is 4.51. The fourth-order valence-electron chi connectivity index (χ4n) is 3.25. The van der Waals surface area contributed by atoms with Gasteiger partial charge in [0.25, 0.3) is 0 Å². The first kappa shape index (κ1) is 17.0. The minimum Gasteiger partial charge on any atom is -0.355 e. The molecule has 4 rings (SSSR count). The van der Waals surface area contributed by atoms with Crippen molar-refractivity contribution in [2.75, 3.05) is 28.6 Å². The van der Waals surface area contributed by atoms with Gasteiger partial charge in [-0.15, -0.1) is 0 Å². The van der Waals surface area contributed by atoms with Gasteiger partial charge in [0, 0.05) is 42.4 Å². The van der Waals surface area contributed by atoms with E-state index >= 15 is 0 Å². The van der Waals surface area contributed by atoms with E-state index in [2.05, 4.69) is 25.5 Å². The zero-order valence-corrected chi connectivity index (χ0v) is 14.9. The van der Waals surface area contributed by atoms with Gasteiger partial charge in [0.1, 0.15) is 5.69 Å². The normalized spacial score (nSPS) is 13.4. The van der Waals surface area contributed by atoms with Gasteiger partial charge in [-0.2, -0.15) is 0 Å². The Morgan fingerprint density at radius 3 is 2.37 bits per heavy atom. The van der Waals surface area contributed by atoms with Crippen molar-refractivity contribution >= 4 is 23.2 Å². The fraction of sp³-hybridized carbons (Fsp3) is 0.190. The number of nitrogens with zero attached hydrogens (tertiary/aromatic N) is 3. The number of anilines is 3. The van der Waals surface area contributed by atoms with Gasteiger partial charge >= 0.3 is 6.03 Å². The number of nitrogens with one attached hydrogen (secondary N) is 2. The van der Waals surface area contributed by atoms with Gasteiger partial charge < -0.3 is 15.5 Å². The van der Waals surface area contributed by atoms with Crippen LogP contribution < -0.4 is 15.5 Å². The first-order valence-corrected chi connectivity index (χ1v) is 9.09. The molecule has 1 saturated heterocycles. The molecule has 0 radical (unpaired) electrons. The van der Waals surface area contributed by atoms with Crippen molar-refractivity contribution in [3.05, 3.63) is 67.0 Å². The maximum atomic E-state index is 12.2. The number of aromatic nitrogens is 2. The minimum absolute atomic E-state index is 0.280. The summed E-state index contributed by atoms with van der Waals surface area (Å²) in [5.74, 6) is 0.904. The summed E-state index contributed by atoms with van der Waals surface area (Å²) >= 11 is 0. The predicted octanol–water partition coefficient (Wildman–Crippen LogP) is 4.39. The number of hydrogen-bond acceptors (Lipinski definition) is 4. The van der Waals surface area contributed by atoms with E-state index in [9.17, 15) is 4.79 Å². The number of carbonyl (C=O) groups is 1. The van der Waals surface area contributed by atoms with E-state index in [1.165, 1.54) is 12.8 Å². The van der Waals surface area contributed by atoms with E-state index in [1.807, 2.05) is 54.6 Å². The van der Waals surface area contributed by atoms with E-state index in [4.69, 9.17) is 0 Å². The van der Waals surface area contributed by atoms with Crippen molar-refractivity contribution in [2.24, 2.45) is 0 Å². The molecule has 1 fully saturated rings. The standard InChI is InChI=1S/C21H21N5O/c27-21(24-17-8-2-1-3-9-17)25-18-10-6-7-16(15-18)19-20(23-12-11-22-19)26-13-4-5-14-26/h1-3,6-12,15H,4-5,13-14H2,(H2,24,25,27). The summed E-state index contributed by atoms with van der Waals surface area (Å²) in [6.45, 7) is 2.01. The summed E-state index contributed by atoms with van der Waals surface area (Å²) in [5, 5.41) is 5.70. The quantitative estimate of drug-likeness (QED) is 0.725. The van der Waals surface area contributed by atoms with Crippen LogP contribution in [0.25, 0.3) is 11.3 Å². The Hall–Kier alpha value is -3.41. The van der Waals surface area contributed by atoms with Gasteiger partial charge in [-0.3, -0.25) is 4.98 Å². The molecule has 2 heterocycles. The molecule has 2 aromatic carbocycles. The molecule has 0 bridgehead atoms. The van der Waals surface area contributed by atoms with Crippen LogP contribution in [0.3, 0.4) is 0 Å². The monoisotopic (exact) mass is 359 g/mol. The molecular formula is C21H21N5O. The summed E-state index contributed by atoms with van der Waals surface area (Å²) < 4.78 is 0. The second-order valence-corrected chi connectivity index (χ2v) is 6.45. The summed E-state index contributed by atoms with van der Waals surface area (Å²) in [5.41, 5.74) is 3.23. The molecule has 0 atom stereocenters. The molecule has 2 amide bonds. The van der Waals surface area contributed by atoms with E-state index in [0.29, 0.717) is 5.69 Å². The molecule has 1 aliphatic heterocycles. The molecule has 0 unspecified atom stereocenters. The molecule has 3 aromatic rings. The lowest BCUT2D eigenvalue weighted by atomic mass is 10.1. The van der Waals surface area contributed by atoms with Crippen LogP contribution in [0.5, 0.6) is 0 Å². The molecule has 2 N–H and O–H groups in total. The number of carbonyl (C=O) groups excluding carboxylic acids is 1. The number of amides is 2. The van der Waals surface area contributed by atoms with Crippen LogP contribution in [-0.4, -0.2) is 29.1 Å². The Morgan fingerprint density at radius 1 is 0.852 bits per heavy atom. The lowest BCUT2D eigenvalue weighted by molar-refractivity contribution is 0.262. The molecule has 6 heteroatoms. The maximum Gasteiger partial charge on any atom is 0.323 e. The largest absolute Gasteiger partial charge is 0.355 e.